The van der Waals surface area contributed by atoms with E-state index in [1.54, 1.807) is 0 Å². The van der Waals surface area contributed by atoms with Gasteiger partial charge in [-0.3, -0.25) is 4.90 Å². The van der Waals surface area contributed by atoms with Crippen LogP contribution in [-0.2, 0) is 0 Å². The van der Waals surface area contributed by atoms with Crippen LogP contribution in [0.3, 0.4) is 0 Å². The van der Waals surface area contributed by atoms with Crippen LogP contribution in [0.5, 0.6) is 0 Å². The molecule has 0 radical (unpaired) electrons. The quantitative estimate of drug-likeness (QED) is 0.697. The van der Waals surface area contributed by atoms with Crippen LogP contribution in [0.4, 0.5) is 0 Å². The first-order valence-corrected chi connectivity index (χ1v) is 5.66. The molecule has 2 N–H and O–H groups in total. The van der Waals surface area contributed by atoms with Gasteiger partial charge in [-0.15, -0.1) is 0 Å². The average Bonchev–Trinajstić information content (AvgIpc) is 2.96. The fourth-order valence-electron chi connectivity index (χ4n) is 2.39. The van der Waals surface area contributed by atoms with Crippen molar-refractivity contribution >= 4 is 0 Å². The lowest BCUT2D eigenvalue weighted by Crippen LogP contribution is -2.45. The van der Waals surface area contributed by atoms with Gasteiger partial charge in [-0.25, -0.2) is 0 Å². The van der Waals surface area contributed by atoms with E-state index in [0.29, 0.717) is 6.04 Å². The van der Waals surface area contributed by atoms with Crippen LogP contribution < -0.4 is 5.73 Å². The molecule has 13 heavy (non-hydrogen) atoms. The molecule has 2 aliphatic rings. The van der Waals surface area contributed by atoms with Crippen molar-refractivity contribution in [3.05, 3.63) is 0 Å². The molecule has 0 aromatic heterocycles. The Morgan fingerprint density at radius 1 is 1.23 bits per heavy atom. The molecule has 0 aromatic carbocycles. The third kappa shape index (κ3) is 2.05. The number of hydrogen-bond acceptors (Lipinski definition) is 2. The Balaban J connectivity index is 1.87. The molecule has 0 amide bonds. The van der Waals surface area contributed by atoms with Gasteiger partial charge in [-0.05, 0) is 51.5 Å². The molecule has 0 heterocycles. The van der Waals surface area contributed by atoms with E-state index in [4.69, 9.17) is 5.73 Å². The zero-order valence-electron chi connectivity index (χ0n) is 8.87. The first-order chi connectivity index (χ1) is 6.24. The summed E-state index contributed by atoms with van der Waals surface area (Å²) in [6.07, 6.45) is 5.69. The summed E-state index contributed by atoms with van der Waals surface area (Å²) >= 11 is 0. The highest BCUT2D eigenvalue weighted by Crippen LogP contribution is 2.39. The fraction of sp³-hybridized carbons (Fsp3) is 1.00. The zero-order chi connectivity index (χ0) is 9.42. The molecule has 0 aromatic rings. The van der Waals surface area contributed by atoms with Gasteiger partial charge in [-0.2, -0.15) is 0 Å². The van der Waals surface area contributed by atoms with Crippen molar-refractivity contribution in [1.29, 1.82) is 0 Å². The van der Waals surface area contributed by atoms with Crippen molar-refractivity contribution in [2.75, 3.05) is 13.6 Å². The lowest BCUT2D eigenvalue weighted by atomic mass is 10.1. The molecule has 2 atom stereocenters. The van der Waals surface area contributed by atoms with E-state index in [2.05, 4.69) is 18.9 Å². The van der Waals surface area contributed by atoms with Gasteiger partial charge < -0.3 is 5.73 Å². The van der Waals surface area contributed by atoms with Crippen LogP contribution in [0.25, 0.3) is 0 Å². The summed E-state index contributed by atoms with van der Waals surface area (Å²) in [4.78, 5) is 2.54. The molecule has 2 rings (SSSR count). The maximum Gasteiger partial charge on any atom is 0.0246 e. The third-order valence-corrected chi connectivity index (χ3v) is 3.88. The maximum absolute atomic E-state index is 5.83. The molecule has 2 aliphatic carbocycles. The molecule has 2 saturated carbocycles. The second-order valence-electron chi connectivity index (χ2n) is 4.88. The number of likely N-dealkylation sites (N-methyl/N-ethyl adjacent to an activating group) is 1. The van der Waals surface area contributed by atoms with Crippen molar-refractivity contribution in [2.24, 2.45) is 17.6 Å². The van der Waals surface area contributed by atoms with Crippen molar-refractivity contribution in [2.45, 2.75) is 44.7 Å². The molecule has 2 unspecified atom stereocenters. The summed E-state index contributed by atoms with van der Waals surface area (Å²) in [5.74, 6) is 1.88. The minimum atomic E-state index is 0.663. The van der Waals surface area contributed by atoms with E-state index in [-0.39, 0.29) is 0 Å². The topological polar surface area (TPSA) is 29.3 Å². The molecular formula is C11H22N2. The van der Waals surface area contributed by atoms with Crippen LogP contribution in [0, 0.1) is 11.8 Å². The first-order valence-electron chi connectivity index (χ1n) is 5.66. The molecular weight excluding hydrogens is 160 g/mol. The molecule has 0 saturated heterocycles. The Morgan fingerprint density at radius 2 is 1.77 bits per heavy atom. The monoisotopic (exact) mass is 182 g/mol. The predicted molar refractivity (Wildman–Crippen MR) is 55.5 cm³/mol. The molecule has 2 heteroatoms. The summed E-state index contributed by atoms with van der Waals surface area (Å²) in [6, 6.07) is 1.42. The molecule has 2 fully saturated rings. The smallest absolute Gasteiger partial charge is 0.0246 e. The number of hydrogen-bond donors (Lipinski definition) is 1. The standard InChI is InChI=1S/C11H22N2/c1-8(9-3-4-9)13(2)11(7-12)10-5-6-10/h8-11H,3-7,12H2,1-2H3. The molecule has 76 valence electrons. The van der Waals surface area contributed by atoms with Crippen molar-refractivity contribution in [1.82, 2.24) is 4.90 Å². The first kappa shape index (κ1) is 9.47. The Kier molecular flexibility index (Phi) is 2.61. The number of rotatable bonds is 5. The van der Waals surface area contributed by atoms with Crippen LogP contribution in [-0.4, -0.2) is 30.6 Å². The summed E-state index contributed by atoms with van der Waals surface area (Å²) in [5, 5.41) is 0. The molecule has 2 nitrogen and oxygen atoms in total. The average molecular weight is 182 g/mol. The van der Waals surface area contributed by atoms with E-state index in [1.807, 2.05) is 0 Å². The second kappa shape index (κ2) is 3.58. The normalized spacial score (nSPS) is 27.7. The summed E-state index contributed by atoms with van der Waals surface area (Å²) in [7, 11) is 2.26. The van der Waals surface area contributed by atoms with Gasteiger partial charge in [0.1, 0.15) is 0 Å². The molecule has 0 spiro atoms. The summed E-state index contributed by atoms with van der Waals surface area (Å²) in [6.45, 7) is 3.21. The van der Waals surface area contributed by atoms with E-state index in [9.17, 15) is 0 Å². The Hall–Kier alpha value is -0.0800. The lowest BCUT2D eigenvalue weighted by Gasteiger charge is -2.32. The third-order valence-electron chi connectivity index (χ3n) is 3.88. The SMILES string of the molecule is CC(C1CC1)N(C)C(CN)C1CC1. The van der Waals surface area contributed by atoms with Gasteiger partial charge in [0.15, 0.2) is 0 Å². The van der Waals surface area contributed by atoms with E-state index < -0.39 is 0 Å². The van der Waals surface area contributed by atoms with Crippen LogP contribution >= 0.6 is 0 Å². The van der Waals surface area contributed by atoms with E-state index >= 15 is 0 Å². The number of nitrogens with two attached hydrogens (primary N) is 1. The largest absolute Gasteiger partial charge is 0.329 e. The van der Waals surface area contributed by atoms with Crippen LogP contribution in [0.1, 0.15) is 32.6 Å². The minimum absolute atomic E-state index is 0.663. The Labute approximate surface area is 81.5 Å². The van der Waals surface area contributed by atoms with E-state index in [0.717, 1.165) is 24.4 Å². The summed E-state index contributed by atoms with van der Waals surface area (Å²) in [5.41, 5.74) is 5.83. The highest BCUT2D eigenvalue weighted by atomic mass is 15.2. The van der Waals surface area contributed by atoms with Gasteiger partial charge in [0.05, 0.1) is 0 Å². The molecule has 0 bridgehead atoms. The van der Waals surface area contributed by atoms with Crippen molar-refractivity contribution < 1.29 is 0 Å². The Bertz CT molecular complexity index is 173. The van der Waals surface area contributed by atoms with Gasteiger partial charge in [-0.1, -0.05) is 0 Å². The van der Waals surface area contributed by atoms with E-state index in [1.165, 1.54) is 25.7 Å². The highest BCUT2D eigenvalue weighted by Gasteiger charge is 2.38. The van der Waals surface area contributed by atoms with Gasteiger partial charge in [0.2, 0.25) is 0 Å². The second-order valence-corrected chi connectivity index (χ2v) is 4.88. The Morgan fingerprint density at radius 3 is 2.15 bits per heavy atom. The fourth-order valence-corrected chi connectivity index (χ4v) is 2.39. The van der Waals surface area contributed by atoms with Crippen molar-refractivity contribution in [3.8, 4) is 0 Å². The van der Waals surface area contributed by atoms with Gasteiger partial charge in [0, 0.05) is 18.6 Å². The predicted octanol–water partition coefficient (Wildman–Crippen LogP) is 1.45. The lowest BCUT2D eigenvalue weighted by molar-refractivity contribution is 0.154. The van der Waals surface area contributed by atoms with Crippen LogP contribution in [0.2, 0.25) is 0 Å². The summed E-state index contributed by atoms with van der Waals surface area (Å²) < 4.78 is 0. The van der Waals surface area contributed by atoms with Gasteiger partial charge in [0.25, 0.3) is 0 Å². The maximum atomic E-state index is 5.83. The molecule has 0 aliphatic heterocycles. The highest BCUT2D eigenvalue weighted by molar-refractivity contribution is 4.93. The minimum Gasteiger partial charge on any atom is -0.329 e. The van der Waals surface area contributed by atoms with Gasteiger partial charge >= 0.3 is 0 Å². The number of nitrogens with zero attached hydrogens (tertiary/aromatic N) is 1. The van der Waals surface area contributed by atoms with Crippen LogP contribution in [0.15, 0.2) is 0 Å². The van der Waals surface area contributed by atoms with Crippen molar-refractivity contribution in [3.63, 3.8) is 0 Å². The zero-order valence-corrected chi connectivity index (χ0v) is 8.87.